The summed E-state index contributed by atoms with van der Waals surface area (Å²) in [5.41, 5.74) is 8.14. The molecule has 3 rings (SSSR count). The molecule has 0 spiro atoms. The molecule has 6 nitrogen and oxygen atoms in total. The number of hydrogen-bond acceptors (Lipinski definition) is 6. The van der Waals surface area contributed by atoms with Crippen LogP contribution in [0.3, 0.4) is 0 Å². The summed E-state index contributed by atoms with van der Waals surface area (Å²) in [7, 11) is -2.95. The van der Waals surface area contributed by atoms with Crippen molar-refractivity contribution in [1.82, 2.24) is 10.1 Å². The van der Waals surface area contributed by atoms with Crippen LogP contribution in [-0.2, 0) is 9.84 Å². The summed E-state index contributed by atoms with van der Waals surface area (Å²) >= 11 is 0. The summed E-state index contributed by atoms with van der Waals surface area (Å²) in [5.74, 6) is 1.01. The van der Waals surface area contributed by atoms with Gasteiger partial charge in [0.1, 0.15) is 0 Å². The number of hydrogen-bond donors (Lipinski definition) is 1. The van der Waals surface area contributed by atoms with Crippen LogP contribution in [0.5, 0.6) is 0 Å². The molecule has 0 amide bonds. The van der Waals surface area contributed by atoms with E-state index in [-0.39, 0.29) is 17.4 Å². The molecule has 2 heterocycles. The van der Waals surface area contributed by atoms with Gasteiger partial charge in [-0.15, -0.1) is 0 Å². The third kappa shape index (κ3) is 2.40. The Balaban J connectivity index is 1.91. The maximum absolute atomic E-state index is 11.5. The van der Waals surface area contributed by atoms with Gasteiger partial charge < -0.3 is 10.3 Å². The molecule has 0 aliphatic carbocycles. The number of nitrogen functional groups attached to an aromatic ring is 1. The number of benzene rings is 1. The Kier molecular flexibility index (Phi) is 3.01. The fourth-order valence-electron chi connectivity index (χ4n) is 2.44. The second kappa shape index (κ2) is 4.59. The van der Waals surface area contributed by atoms with E-state index in [1.807, 2.05) is 19.1 Å². The van der Waals surface area contributed by atoms with Crippen LogP contribution in [0.25, 0.3) is 11.5 Å². The lowest BCUT2D eigenvalue weighted by molar-refractivity contribution is 0.417. The van der Waals surface area contributed by atoms with E-state index >= 15 is 0 Å². The Morgan fingerprint density at radius 1 is 1.40 bits per heavy atom. The van der Waals surface area contributed by atoms with E-state index in [1.165, 1.54) is 0 Å². The minimum absolute atomic E-state index is 0.104. The average molecular weight is 293 g/mol. The van der Waals surface area contributed by atoms with Gasteiger partial charge in [-0.1, -0.05) is 5.16 Å². The van der Waals surface area contributed by atoms with Gasteiger partial charge in [-0.05, 0) is 37.1 Å². The monoisotopic (exact) mass is 293 g/mol. The lowest BCUT2D eigenvalue weighted by atomic mass is 10.1. The molecular formula is C13H15N3O3S. The third-order valence-corrected chi connectivity index (χ3v) is 5.29. The van der Waals surface area contributed by atoms with Gasteiger partial charge in [0.2, 0.25) is 0 Å². The molecule has 20 heavy (non-hydrogen) atoms. The van der Waals surface area contributed by atoms with Gasteiger partial charge in [-0.2, -0.15) is 4.98 Å². The second-order valence-electron chi connectivity index (χ2n) is 5.13. The summed E-state index contributed by atoms with van der Waals surface area (Å²) in [6, 6.07) is 5.43. The van der Waals surface area contributed by atoms with E-state index < -0.39 is 9.84 Å². The fraction of sp³-hybridized carbons (Fsp3) is 0.385. The van der Waals surface area contributed by atoms with Gasteiger partial charge in [0.15, 0.2) is 15.7 Å². The van der Waals surface area contributed by atoms with Crippen LogP contribution in [0.15, 0.2) is 22.7 Å². The van der Waals surface area contributed by atoms with Crippen molar-refractivity contribution >= 4 is 15.5 Å². The number of nitrogens with zero attached hydrogens (tertiary/aromatic N) is 2. The van der Waals surface area contributed by atoms with Crippen molar-refractivity contribution in [1.29, 1.82) is 0 Å². The van der Waals surface area contributed by atoms with Crippen molar-refractivity contribution in [3.63, 3.8) is 0 Å². The number of nitrogens with two attached hydrogens (primary N) is 1. The highest BCUT2D eigenvalue weighted by Crippen LogP contribution is 2.29. The molecule has 0 radical (unpaired) electrons. The zero-order valence-electron chi connectivity index (χ0n) is 11.0. The van der Waals surface area contributed by atoms with Crippen LogP contribution in [0, 0.1) is 6.92 Å². The SMILES string of the molecule is Cc1cc(N)ccc1-c1nc(C2CCS(=O)(=O)C2)no1. The average Bonchev–Trinajstić information content (AvgIpc) is 2.95. The molecule has 1 aliphatic heterocycles. The molecule has 2 aromatic rings. The predicted octanol–water partition coefficient (Wildman–Crippen LogP) is 1.53. The van der Waals surface area contributed by atoms with Gasteiger partial charge in [0, 0.05) is 17.2 Å². The molecule has 1 aliphatic rings. The molecule has 0 bridgehead atoms. The van der Waals surface area contributed by atoms with Gasteiger partial charge >= 0.3 is 0 Å². The Morgan fingerprint density at radius 2 is 2.20 bits per heavy atom. The number of aromatic nitrogens is 2. The van der Waals surface area contributed by atoms with Crippen LogP contribution >= 0.6 is 0 Å². The zero-order valence-corrected chi connectivity index (χ0v) is 11.9. The third-order valence-electron chi connectivity index (χ3n) is 3.52. The molecule has 1 aromatic carbocycles. The Hall–Kier alpha value is -1.89. The van der Waals surface area contributed by atoms with E-state index in [2.05, 4.69) is 10.1 Å². The lowest BCUT2D eigenvalue weighted by Gasteiger charge is -2.01. The van der Waals surface area contributed by atoms with Crippen molar-refractivity contribution in [2.75, 3.05) is 17.2 Å². The highest BCUT2D eigenvalue weighted by molar-refractivity contribution is 7.91. The van der Waals surface area contributed by atoms with Crippen molar-refractivity contribution in [2.24, 2.45) is 0 Å². The smallest absolute Gasteiger partial charge is 0.258 e. The summed E-state index contributed by atoms with van der Waals surface area (Å²) in [5, 5.41) is 3.92. The van der Waals surface area contributed by atoms with Crippen LogP contribution in [0.2, 0.25) is 0 Å². The molecule has 1 unspecified atom stereocenters. The van der Waals surface area contributed by atoms with Gasteiger partial charge in [0.05, 0.1) is 11.5 Å². The number of rotatable bonds is 2. The lowest BCUT2D eigenvalue weighted by Crippen LogP contribution is -2.05. The number of anilines is 1. The quantitative estimate of drug-likeness (QED) is 0.843. The topological polar surface area (TPSA) is 99.1 Å². The minimum Gasteiger partial charge on any atom is -0.399 e. The second-order valence-corrected chi connectivity index (χ2v) is 7.36. The standard InChI is InChI=1S/C13H15N3O3S/c1-8-6-10(14)2-3-11(8)13-15-12(16-19-13)9-4-5-20(17,18)7-9/h2-3,6,9H,4-5,7,14H2,1H3. The summed E-state index contributed by atoms with van der Waals surface area (Å²) in [6.07, 6.45) is 0.558. The molecule has 1 saturated heterocycles. The number of aryl methyl sites for hydroxylation is 1. The Morgan fingerprint density at radius 3 is 2.85 bits per heavy atom. The van der Waals surface area contributed by atoms with E-state index in [9.17, 15) is 8.42 Å². The van der Waals surface area contributed by atoms with Crippen molar-refractivity contribution in [3.8, 4) is 11.5 Å². The van der Waals surface area contributed by atoms with Crippen molar-refractivity contribution in [3.05, 3.63) is 29.6 Å². The van der Waals surface area contributed by atoms with E-state index in [0.29, 0.717) is 23.8 Å². The van der Waals surface area contributed by atoms with Crippen molar-refractivity contribution < 1.29 is 12.9 Å². The van der Waals surface area contributed by atoms with Crippen molar-refractivity contribution in [2.45, 2.75) is 19.3 Å². The first-order valence-corrected chi connectivity index (χ1v) is 8.17. The highest BCUT2D eigenvalue weighted by Gasteiger charge is 2.32. The predicted molar refractivity (Wildman–Crippen MR) is 74.9 cm³/mol. The molecule has 7 heteroatoms. The van der Waals surface area contributed by atoms with Crippen LogP contribution < -0.4 is 5.73 Å². The van der Waals surface area contributed by atoms with Crippen LogP contribution in [-0.4, -0.2) is 30.1 Å². The molecule has 106 valence electrons. The highest BCUT2D eigenvalue weighted by atomic mass is 32.2. The first-order valence-electron chi connectivity index (χ1n) is 6.35. The van der Waals surface area contributed by atoms with Crippen LogP contribution in [0.4, 0.5) is 5.69 Å². The summed E-state index contributed by atoms with van der Waals surface area (Å²) in [6.45, 7) is 1.91. The van der Waals surface area contributed by atoms with Crippen LogP contribution in [0.1, 0.15) is 23.7 Å². The molecule has 1 atom stereocenters. The Bertz CT molecular complexity index is 752. The maximum atomic E-state index is 11.5. The van der Waals surface area contributed by atoms with E-state index in [1.54, 1.807) is 6.07 Å². The molecular weight excluding hydrogens is 278 g/mol. The minimum atomic E-state index is -2.95. The van der Waals surface area contributed by atoms with E-state index in [0.717, 1.165) is 11.1 Å². The molecule has 2 N–H and O–H groups in total. The van der Waals surface area contributed by atoms with Gasteiger partial charge in [0.25, 0.3) is 5.89 Å². The fourth-order valence-corrected chi connectivity index (χ4v) is 4.17. The Labute approximate surface area is 116 Å². The van der Waals surface area contributed by atoms with Gasteiger partial charge in [-0.3, -0.25) is 0 Å². The largest absolute Gasteiger partial charge is 0.399 e. The number of sulfone groups is 1. The summed E-state index contributed by atoms with van der Waals surface area (Å²) in [4.78, 5) is 4.34. The van der Waals surface area contributed by atoms with Gasteiger partial charge in [-0.25, -0.2) is 8.42 Å². The normalized spacial score (nSPS) is 21.1. The first kappa shape index (κ1) is 13.1. The molecule has 0 saturated carbocycles. The van der Waals surface area contributed by atoms with E-state index in [4.69, 9.17) is 10.3 Å². The zero-order chi connectivity index (χ0) is 14.3. The maximum Gasteiger partial charge on any atom is 0.258 e. The molecule has 1 aromatic heterocycles. The molecule has 1 fully saturated rings. The summed E-state index contributed by atoms with van der Waals surface area (Å²) < 4.78 is 28.2. The first-order chi connectivity index (χ1) is 9.44.